The highest BCUT2D eigenvalue weighted by Gasteiger charge is 2.36. The Morgan fingerprint density at radius 1 is 1.00 bits per heavy atom. The van der Waals surface area contributed by atoms with Crippen molar-refractivity contribution < 1.29 is 27.5 Å². The number of aromatic amines is 1. The van der Waals surface area contributed by atoms with Crippen molar-refractivity contribution in [3.63, 3.8) is 0 Å². The molecule has 0 aliphatic carbocycles. The van der Waals surface area contributed by atoms with Gasteiger partial charge < -0.3 is 15.0 Å². The number of nitrogens with one attached hydrogen (secondary N) is 1. The van der Waals surface area contributed by atoms with E-state index in [2.05, 4.69) is 4.98 Å². The summed E-state index contributed by atoms with van der Waals surface area (Å²) in [7, 11) is 1.56. The molecule has 0 saturated heterocycles. The van der Waals surface area contributed by atoms with E-state index < -0.39 is 23.5 Å². The fraction of sp³-hybridized carbons (Fsp3) is 0.182. The van der Waals surface area contributed by atoms with Gasteiger partial charge in [0, 0.05) is 24.6 Å². The minimum atomic E-state index is -4.63. The van der Waals surface area contributed by atoms with Crippen molar-refractivity contribution >= 4 is 35.7 Å². The number of H-pyrrole nitrogens is 1. The van der Waals surface area contributed by atoms with Gasteiger partial charge in [-0.2, -0.15) is 13.2 Å². The molecular formula is C22H17BF4N3O3. The Morgan fingerprint density at radius 3 is 2.45 bits per heavy atom. The third-order valence-electron chi connectivity index (χ3n) is 5.23. The highest BCUT2D eigenvalue weighted by molar-refractivity contribution is 6.55. The number of carbonyl (C=O) groups excluding carboxylic acids is 1. The first-order chi connectivity index (χ1) is 15.7. The molecule has 33 heavy (non-hydrogen) atoms. The molecule has 169 valence electrons. The Balaban J connectivity index is 1.89. The van der Waals surface area contributed by atoms with Crippen molar-refractivity contribution in [2.45, 2.75) is 12.5 Å². The summed E-state index contributed by atoms with van der Waals surface area (Å²) in [6.07, 6.45) is -3.10. The van der Waals surface area contributed by atoms with Gasteiger partial charge in [-0.1, -0.05) is 11.8 Å². The third kappa shape index (κ3) is 4.49. The van der Waals surface area contributed by atoms with E-state index in [1.54, 1.807) is 7.28 Å². The number of carbonyl (C=O) groups is 1. The molecule has 1 aromatic heterocycles. The van der Waals surface area contributed by atoms with Gasteiger partial charge in [0.05, 0.1) is 22.5 Å². The van der Waals surface area contributed by atoms with Gasteiger partial charge in [0.25, 0.3) is 5.91 Å². The SMILES string of the molecule is O=C1c2ccc(C(F)(F)F)cc2N(c2ccc(F)cc2[B]CCO)CN1c1ccc(=O)[nH]c1. The van der Waals surface area contributed by atoms with Gasteiger partial charge in [-0.05, 0) is 42.5 Å². The van der Waals surface area contributed by atoms with E-state index in [-0.39, 0.29) is 36.4 Å². The maximum Gasteiger partial charge on any atom is 0.416 e. The van der Waals surface area contributed by atoms with Crippen LogP contribution in [0.25, 0.3) is 0 Å². The zero-order valence-electron chi connectivity index (χ0n) is 17.1. The lowest BCUT2D eigenvalue weighted by Crippen LogP contribution is -2.46. The van der Waals surface area contributed by atoms with Crippen molar-refractivity contribution in [3.05, 3.63) is 82.0 Å². The molecule has 1 radical (unpaired) electrons. The number of amides is 1. The third-order valence-corrected chi connectivity index (χ3v) is 5.23. The Bertz CT molecular complexity index is 1240. The molecule has 4 rings (SSSR count). The largest absolute Gasteiger partial charge is 0.416 e. The van der Waals surface area contributed by atoms with Crippen LogP contribution in [-0.2, 0) is 6.18 Å². The summed E-state index contributed by atoms with van der Waals surface area (Å²) >= 11 is 0. The number of fused-ring (bicyclic) bond motifs is 1. The van der Waals surface area contributed by atoms with E-state index in [0.717, 1.165) is 18.2 Å². The number of hydrogen-bond acceptors (Lipinski definition) is 4. The Labute approximate surface area is 186 Å². The van der Waals surface area contributed by atoms with Crippen LogP contribution >= 0.6 is 0 Å². The van der Waals surface area contributed by atoms with Gasteiger partial charge in [-0.3, -0.25) is 14.5 Å². The summed E-state index contributed by atoms with van der Waals surface area (Å²) in [4.78, 5) is 29.9. The molecule has 11 heteroatoms. The molecule has 1 aliphatic rings. The lowest BCUT2D eigenvalue weighted by atomic mass is 9.66. The first-order valence-corrected chi connectivity index (χ1v) is 9.92. The fourth-order valence-electron chi connectivity index (χ4n) is 3.67. The van der Waals surface area contributed by atoms with E-state index in [4.69, 9.17) is 0 Å². The topological polar surface area (TPSA) is 76.6 Å². The summed E-state index contributed by atoms with van der Waals surface area (Å²) in [5, 5.41) is 9.18. The molecule has 1 aliphatic heterocycles. The minimum absolute atomic E-state index is 0.0119. The standard InChI is InChI=1S/C22H17BF4N3O3/c24-14-2-5-18(17(10-14)23-7-8-31)30-12-29(15-3-6-20(32)28-11-15)21(33)16-4-1-13(9-19(16)30)22(25,26)27/h1-6,9-11,31H,7-8,12H2,(H,28,32). The first kappa shape index (κ1) is 22.6. The highest BCUT2D eigenvalue weighted by Crippen LogP contribution is 2.39. The van der Waals surface area contributed by atoms with E-state index >= 15 is 0 Å². The molecule has 2 N–H and O–H groups in total. The maximum absolute atomic E-state index is 14.0. The molecule has 6 nitrogen and oxygen atoms in total. The van der Waals surface area contributed by atoms with Crippen molar-refractivity contribution in [2.75, 3.05) is 23.1 Å². The number of aliphatic hydroxyl groups excluding tert-OH is 1. The molecule has 0 bridgehead atoms. The Morgan fingerprint density at radius 2 is 1.79 bits per heavy atom. The number of rotatable bonds is 5. The van der Waals surface area contributed by atoms with Gasteiger partial charge in [-0.15, -0.1) is 0 Å². The molecule has 0 spiro atoms. The summed E-state index contributed by atoms with van der Waals surface area (Å²) in [6, 6.07) is 9.25. The van der Waals surface area contributed by atoms with Crippen LogP contribution in [-0.4, -0.2) is 36.6 Å². The van der Waals surface area contributed by atoms with Gasteiger partial charge >= 0.3 is 6.18 Å². The van der Waals surface area contributed by atoms with Crippen molar-refractivity contribution in [1.29, 1.82) is 0 Å². The van der Waals surface area contributed by atoms with Crippen LogP contribution in [0.3, 0.4) is 0 Å². The van der Waals surface area contributed by atoms with E-state index in [9.17, 15) is 32.3 Å². The first-order valence-electron chi connectivity index (χ1n) is 9.92. The quantitative estimate of drug-likeness (QED) is 0.456. The number of hydrogen-bond donors (Lipinski definition) is 2. The number of anilines is 3. The smallest absolute Gasteiger partial charge is 0.397 e. The van der Waals surface area contributed by atoms with Crippen molar-refractivity contribution in [2.24, 2.45) is 0 Å². The highest BCUT2D eigenvalue weighted by atomic mass is 19.4. The predicted octanol–water partition coefficient (Wildman–Crippen LogP) is 3.03. The molecule has 0 atom stereocenters. The Hall–Kier alpha value is -3.60. The number of halogens is 4. The molecule has 2 heterocycles. The minimum Gasteiger partial charge on any atom is -0.397 e. The number of nitrogens with zero attached hydrogens (tertiary/aromatic N) is 2. The second-order valence-electron chi connectivity index (χ2n) is 7.36. The number of benzene rings is 2. The van der Waals surface area contributed by atoms with Crippen LogP contribution in [0.5, 0.6) is 0 Å². The number of alkyl halides is 3. The average Bonchev–Trinajstić information content (AvgIpc) is 2.78. The second kappa shape index (κ2) is 8.74. The number of aliphatic hydroxyl groups is 1. The van der Waals surface area contributed by atoms with Crippen LogP contribution in [0, 0.1) is 5.82 Å². The molecule has 0 fully saturated rings. The van der Waals surface area contributed by atoms with E-state index in [0.29, 0.717) is 16.8 Å². The number of aromatic nitrogens is 1. The lowest BCUT2D eigenvalue weighted by molar-refractivity contribution is -0.137. The maximum atomic E-state index is 14.0. The molecule has 0 unspecified atom stereocenters. The zero-order chi connectivity index (χ0) is 23.8. The van der Waals surface area contributed by atoms with Gasteiger partial charge in [0.15, 0.2) is 7.28 Å². The van der Waals surface area contributed by atoms with Crippen LogP contribution in [0.2, 0.25) is 6.32 Å². The molecule has 1 amide bonds. The van der Waals surface area contributed by atoms with E-state index in [1.165, 1.54) is 46.3 Å². The van der Waals surface area contributed by atoms with Crippen LogP contribution in [0.4, 0.5) is 34.6 Å². The zero-order valence-corrected chi connectivity index (χ0v) is 17.1. The van der Waals surface area contributed by atoms with E-state index in [1.807, 2.05) is 0 Å². The summed E-state index contributed by atoms with van der Waals surface area (Å²) < 4.78 is 54.2. The van der Waals surface area contributed by atoms with Gasteiger partial charge in [0.2, 0.25) is 5.56 Å². The monoisotopic (exact) mass is 458 g/mol. The van der Waals surface area contributed by atoms with Gasteiger partial charge in [0.1, 0.15) is 12.5 Å². The molecule has 2 aromatic carbocycles. The molecule has 0 saturated carbocycles. The van der Waals surface area contributed by atoms with Crippen LogP contribution in [0.1, 0.15) is 15.9 Å². The van der Waals surface area contributed by atoms with Crippen molar-refractivity contribution in [3.8, 4) is 0 Å². The molecular weight excluding hydrogens is 441 g/mol. The fourth-order valence-corrected chi connectivity index (χ4v) is 3.67. The summed E-state index contributed by atoms with van der Waals surface area (Å²) in [6.45, 7) is -0.391. The lowest BCUT2D eigenvalue weighted by Gasteiger charge is -2.39. The second-order valence-corrected chi connectivity index (χ2v) is 7.36. The van der Waals surface area contributed by atoms with Crippen LogP contribution < -0.4 is 20.8 Å². The summed E-state index contributed by atoms with van der Waals surface area (Å²) in [5.41, 5.74) is -0.249. The van der Waals surface area contributed by atoms with Crippen molar-refractivity contribution in [1.82, 2.24) is 4.98 Å². The number of pyridine rings is 1. The average molecular weight is 458 g/mol. The normalized spacial score (nSPS) is 13.8. The van der Waals surface area contributed by atoms with Gasteiger partial charge in [-0.25, -0.2) is 4.39 Å². The predicted molar refractivity (Wildman–Crippen MR) is 116 cm³/mol. The summed E-state index contributed by atoms with van der Waals surface area (Å²) in [5.74, 6) is -1.11. The molecule has 3 aromatic rings. The van der Waals surface area contributed by atoms with Crippen LogP contribution in [0.15, 0.2) is 59.5 Å². The Kier molecular flexibility index (Phi) is 5.98.